The number of sulfonamides is 1. The van der Waals surface area contributed by atoms with E-state index in [1.807, 2.05) is 0 Å². The third kappa shape index (κ3) is 5.28. The molecular formula is C13H28N4O2S. The van der Waals surface area contributed by atoms with Crippen molar-refractivity contribution >= 4 is 16.0 Å². The second-order valence-electron chi connectivity index (χ2n) is 5.51. The van der Waals surface area contributed by atoms with Gasteiger partial charge in [-0.2, -0.15) is 0 Å². The smallest absolute Gasteiger partial charge is 0.213 e. The van der Waals surface area contributed by atoms with Crippen molar-refractivity contribution in [3.8, 4) is 0 Å². The molecule has 20 heavy (non-hydrogen) atoms. The van der Waals surface area contributed by atoms with Crippen LogP contribution in [0, 0.1) is 5.92 Å². The topological polar surface area (TPSA) is 79.0 Å². The largest absolute Gasteiger partial charge is 0.370 e. The SMILES string of the molecule is CCS(=O)(=O)N(C)CCCN=C(N)N1CCC[C@H](C)C1. The number of aliphatic imine (C=N–C) groups is 1. The summed E-state index contributed by atoms with van der Waals surface area (Å²) in [4.78, 5) is 6.49. The van der Waals surface area contributed by atoms with Gasteiger partial charge in [-0.1, -0.05) is 6.92 Å². The zero-order valence-corrected chi connectivity index (χ0v) is 13.7. The molecule has 1 fully saturated rings. The van der Waals surface area contributed by atoms with Gasteiger partial charge in [0.25, 0.3) is 0 Å². The van der Waals surface area contributed by atoms with E-state index in [4.69, 9.17) is 5.73 Å². The Morgan fingerprint density at radius 3 is 2.80 bits per heavy atom. The first kappa shape index (κ1) is 17.2. The number of guanidine groups is 1. The van der Waals surface area contributed by atoms with Crippen molar-refractivity contribution in [2.45, 2.75) is 33.1 Å². The summed E-state index contributed by atoms with van der Waals surface area (Å²) in [5.41, 5.74) is 5.98. The molecule has 0 saturated carbocycles. The van der Waals surface area contributed by atoms with Crippen molar-refractivity contribution in [2.24, 2.45) is 16.6 Å². The van der Waals surface area contributed by atoms with Crippen molar-refractivity contribution in [1.82, 2.24) is 9.21 Å². The highest BCUT2D eigenvalue weighted by molar-refractivity contribution is 7.89. The Bertz CT molecular complexity index is 422. The number of rotatable bonds is 6. The molecule has 7 heteroatoms. The number of likely N-dealkylation sites (tertiary alicyclic amines) is 1. The standard InChI is InChI=1S/C13H28N4O2S/c1-4-20(18,19)16(3)9-6-8-15-13(14)17-10-5-7-12(2)11-17/h12H,4-11H2,1-3H3,(H2,14,15)/t12-/m0/s1. The van der Waals surface area contributed by atoms with Crippen LogP contribution < -0.4 is 5.73 Å². The summed E-state index contributed by atoms with van der Waals surface area (Å²) < 4.78 is 24.5. The summed E-state index contributed by atoms with van der Waals surface area (Å²) >= 11 is 0. The molecule has 0 aromatic carbocycles. The van der Waals surface area contributed by atoms with Crippen LogP contribution in [0.25, 0.3) is 0 Å². The van der Waals surface area contributed by atoms with Crippen LogP contribution in [-0.4, -0.2) is 62.6 Å². The molecule has 0 aromatic heterocycles. The lowest BCUT2D eigenvalue weighted by atomic mass is 10.0. The molecule has 0 aliphatic carbocycles. The van der Waals surface area contributed by atoms with E-state index in [-0.39, 0.29) is 5.75 Å². The summed E-state index contributed by atoms with van der Waals surface area (Å²) in [6.07, 6.45) is 3.11. The minimum atomic E-state index is -3.08. The van der Waals surface area contributed by atoms with E-state index in [0.29, 0.717) is 31.4 Å². The molecular weight excluding hydrogens is 276 g/mol. The van der Waals surface area contributed by atoms with Crippen molar-refractivity contribution in [3.63, 3.8) is 0 Å². The lowest BCUT2D eigenvalue weighted by Crippen LogP contribution is -2.43. The first-order chi connectivity index (χ1) is 9.36. The molecule has 1 aliphatic heterocycles. The van der Waals surface area contributed by atoms with Crippen LogP contribution in [0.3, 0.4) is 0 Å². The Labute approximate surface area is 123 Å². The zero-order valence-electron chi connectivity index (χ0n) is 12.9. The van der Waals surface area contributed by atoms with Crippen molar-refractivity contribution < 1.29 is 8.42 Å². The van der Waals surface area contributed by atoms with Crippen LogP contribution in [0.2, 0.25) is 0 Å². The normalized spacial score (nSPS) is 21.5. The maximum atomic E-state index is 11.6. The Hall–Kier alpha value is -0.820. The van der Waals surface area contributed by atoms with Gasteiger partial charge in [-0.25, -0.2) is 12.7 Å². The van der Waals surface area contributed by atoms with Crippen LogP contribution in [0.15, 0.2) is 4.99 Å². The fraction of sp³-hybridized carbons (Fsp3) is 0.923. The van der Waals surface area contributed by atoms with Gasteiger partial charge >= 0.3 is 0 Å². The van der Waals surface area contributed by atoms with Crippen molar-refractivity contribution in [2.75, 3.05) is 39.0 Å². The molecule has 118 valence electrons. The van der Waals surface area contributed by atoms with Gasteiger partial charge in [-0.15, -0.1) is 0 Å². The van der Waals surface area contributed by atoms with Crippen LogP contribution in [-0.2, 0) is 10.0 Å². The molecule has 6 nitrogen and oxygen atoms in total. The fourth-order valence-corrected chi connectivity index (χ4v) is 3.19. The van der Waals surface area contributed by atoms with Crippen molar-refractivity contribution in [1.29, 1.82) is 0 Å². The minimum absolute atomic E-state index is 0.139. The number of nitrogens with zero attached hydrogens (tertiary/aromatic N) is 3. The van der Waals surface area contributed by atoms with Gasteiger partial charge in [0.15, 0.2) is 5.96 Å². The van der Waals surface area contributed by atoms with Gasteiger partial charge < -0.3 is 10.6 Å². The monoisotopic (exact) mass is 304 g/mol. The van der Waals surface area contributed by atoms with E-state index < -0.39 is 10.0 Å². The molecule has 1 aliphatic rings. The molecule has 0 radical (unpaired) electrons. The number of piperidine rings is 1. The highest BCUT2D eigenvalue weighted by Crippen LogP contribution is 2.14. The molecule has 1 rings (SSSR count). The van der Waals surface area contributed by atoms with Gasteiger partial charge in [0, 0.05) is 33.2 Å². The van der Waals surface area contributed by atoms with Crippen LogP contribution in [0.4, 0.5) is 0 Å². The Balaban J connectivity index is 2.33. The Kier molecular flexibility index (Phi) is 6.75. The summed E-state index contributed by atoms with van der Waals surface area (Å²) in [7, 11) is -1.47. The highest BCUT2D eigenvalue weighted by atomic mass is 32.2. The second-order valence-corrected chi connectivity index (χ2v) is 7.87. The van der Waals surface area contributed by atoms with Crippen LogP contribution in [0.5, 0.6) is 0 Å². The first-order valence-corrected chi connectivity index (χ1v) is 8.96. The lowest BCUT2D eigenvalue weighted by Gasteiger charge is -2.31. The molecule has 0 unspecified atom stereocenters. The molecule has 0 aromatic rings. The van der Waals surface area contributed by atoms with E-state index in [1.54, 1.807) is 14.0 Å². The molecule has 0 spiro atoms. The number of hydrogen-bond acceptors (Lipinski definition) is 3. The third-order valence-electron chi connectivity index (χ3n) is 3.73. The summed E-state index contributed by atoms with van der Waals surface area (Å²) in [6.45, 7) is 6.89. The van der Waals surface area contributed by atoms with E-state index in [9.17, 15) is 8.42 Å². The van der Waals surface area contributed by atoms with E-state index in [1.165, 1.54) is 10.7 Å². The van der Waals surface area contributed by atoms with Gasteiger partial charge in [-0.3, -0.25) is 4.99 Å². The molecule has 0 bridgehead atoms. The first-order valence-electron chi connectivity index (χ1n) is 7.35. The third-order valence-corrected chi connectivity index (χ3v) is 5.59. The maximum Gasteiger partial charge on any atom is 0.213 e. The molecule has 1 atom stereocenters. The predicted octanol–water partition coefficient (Wildman–Crippen LogP) is 0.705. The quantitative estimate of drug-likeness (QED) is 0.445. The molecule has 2 N–H and O–H groups in total. The average Bonchev–Trinajstić information content (AvgIpc) is 2.42. The summed E-state index contributed by atoms with van der Waals surface area (Å²) in [5.74, 6) is 1.40. The predicted molar refractivity (Wildman–Crippen MR) is 83.2 cm³/mol. The lowest BCUT2D eigenvalue weighted by molar-refractivity contribution is 0.270. The van der Waals surface area contributed by atoms with Gasteiger partial charge in [0.1, 0.15) is 0 Å². The van der Waals surface area contributed by atoms with E-state index >= 15 is 0 Å². The number of nitrogens with two attached hydrogens (primary N) is 1. The minimum Gasteiger partial charge on any atom is -0.370 e. The molecule has 0 amide bonds. The van der Waals surface area contributed by atoms with Gasteiger partial charge in [-0.05, 0) is 32.1 Å². The van der Waals surface area contributed by atoms with E-state index in [0.717, 1.165) is 19.5 Å². The average molecular weight is 304 g/mol. The zero-order chi connectivity index (χ0) is 15.2. The highest BCUT2D eigenvalue weighted by Gasteiger charge is 2.17. The van der Waals surface area contributed by atoms with Crippen molar-refractivity contribution in [3.05, 3.63) is 0 Å². The second kappa shape index (κ2) is 7.83. The summed E-state index contributed by atoms with van der Waals surface area (Å²) in [6, 6.07) is 0. The van der Waals surface area contributed by atoms with Crippen LogP contribution in [0.1, 0.15) is 33.1 Å². The Morgan fingerprint density at radius 1 is 1.50 bits per heavy atom. The van der Waals surface area contributed by atoms with Crippen LogP contribution >= 0.6 is 0 Å². The van der Waals surface area contributed by atoms with Gasteiger partial charge in [0.05, 0.1) is 5.75 Å². The summed E-state index contributed by atoms with van der Waals surface area (Å²) in [5, 5.41) is 0. The molecule has 1 heterocycles. The maximum absolute atomic E-state index is 11.6. The Morgan fingerprint density at radius 2 is 2.20 bits per heavy atom. The number of hydrogen-bond donors (Lipinski definition) is 1. The molecule has 1 saturated heterocycles. The van der Waals surface area contributed by atoms with Gasteiger partial charge in [0.2, 0.25) is 10.0 Å². The fourth-order valence-electron chi connectivity index (χ4n) is 2.34. The van der Waals surface area contributed by atoms with E-state index in [2.05, 4.69) is 16.8 Å².